The molecule has 16 heavy (non-hydrogen) atoms. The molecule has 0 radical (unpaired) electrons. The maximum atomic E-state index is 13.4. The van der Waals surface area contributed by atoms with Crippen molar-refractivity contribution in [1.29, 1.82) is 0 Å². The van der Waals surface area contributed by atoms with E-state index < -0.39 is 21.6 Å². The fourth-order valence-electron chi connectivity index (χ4n) is 1.22. The molecule has 2 N–H and O–H groups in total. The highest BCUT2D eigenvalue weighted by Crippen LogP contribution is 2.16. The zero-order valence-electron chi connectivity index (χ0n) is 8.73. The Bertz CT molecular complexity index is 511. The first-order chi connectivity index (χ1) is 7.36. The minimum absolute atomic E-state index is 0.0827. The Morgan fingerprint density at radius 3 is 2.50 bits per heavy atom. The number of amides is 1. The van der Waals surface area contributed by atoms with Gasteiger partial charge >= 0.3 is 0 Å². The van der Waals surface area contributed by atoms with Gasteiger partial charge in [-0.05, 0) is 17.7 Å². The van der Waals surface area contributed by atoms with Crippen LogP contribution in [0.4, 0.5) is 4.39 Å². The second-order valence-corrected chi connectivity index (χ2v) is 5.58. The van der Waals surface area contributed by atoms with Crippen LogP contribution in [0.25, 0.3) is 0 Å². The number of carbonyl (C=O) groups excluding carboxylic acids is 1. The molecule has 0 aliphatic carbocycles. The van der Waals surface area contributed by atoms with Gasteiger partial charge in [-0.2, -0.15) is 0 Å². The molecule has 0 heterocycles. The first-order valence-electron chi connectivity index (χ1n) is 4.66. The highest BCUT2D eigenvalue weighted by molar-refractivity contribution is 7.91. The minimum Gasteiger partial charge on any atom is -0.369 e. The predicted molar refractivity (Wildman–Crippen MR) is 57.0 cm³/mol. The van der Waals surface area contributed by atoms with E-state index in [0.29, 0.717) is 0 Å². The average Bonchev–Trinajstić information content (AvgIpc) is 2.20. The van der Waals surface area contributed by atoms with Crippen molar-refractivity contribution < 1.29 is 17.6 Å². The van der Waals surface area contributed by atoms with Gasteiger partial charge in [0.25, 0.3) is 0 Å². The summed E-state index contributed by atoms with van der Waals surface area (Å²) in [6.07, 6.45) is -0.238. The maximum absolute atomic E-state index is 13.4. The lowest BCUT2D eigenvalue weighted by molar-refractivity contribution is -0.117. The molecule has 0 saturated heterocycles. The number of carbonyl (C=O) groups is 1. The summed E-state index contributed by atoms with van der Waals surface area (Å²) in [7, 11) is -3.42. The Balaban J connectivity index is 3.14. The molecule has 1 aromatic rings. The number of sulfone groups is 1. The lowest BCUT2D eigenvalue weighted by Crippen LogP contribution is -2.15. The van der Waals surface area contributed by atoms with Crippen LogP contribution >= 0.6 is 0 Å². The van der Waals surface area contributed by atoms with Crippen LogP contribution in [-0.2, 0) is 21.1 Å². The Morgan fingerprint density at radius 2 is 2.06 bits per heavy atom. The summed E-state index contributed by atoms with van der Waals surface area (Å²) < 4.78 is 36.3. The molecule has 0 atom stereocenters. The molecule has 0 aromatic heterocycles. The van der Waals surface area contributed by atoms with Crippen molar-refractivity contribution in [3.63, 3.8) is 0 Å². The standard InChI is InChI=1S/C10H12FNO3S/c1-2-16(14,15)8-4-3-7(5-10(12)13)9(11)6-8/h3-4,6H,2,5H2,1H3,(H2,12,13). The molecule has 0 aliphatic heterocycles. The third-order valence-corrected chi connectivity index (χ3v) is 3.86. The summed E-state index contributed by atoms with van der Waals surface area (Å²) in [6, 6.07) is 3.46. The molecular formula is C10H12FNO3S. The summed E-state index contributed by atoms with van der Waals surface area (Å²) in [5.41, 5.74) is 5.02. The number of hydrogen-bond acceptors (Lipinski definition) is 3. The molecule has 1 amide bonds. The van der Waals surface area contributed by atoms with Crippen LogP contribution in [0, 0.1) is 5.82 Å². The zero-order valence-corrected chi connectivity index (χ0v) is 9.55. The molecule has 4 nitrogen and oxygen atoms in total. The highest BCUT2D eigenvalue weighted by atomic mass is 32.2. The Morgan fingerprint density at radius 1 is 1.44 bits per heavy atom. The van der Waals surface area contributed by atoms with Crippen LogP contribution < -0.4 is 5.73 Å². The zero-order chi connectivity index (χ0) is 12.3. The van der Waals surface area contributed by atoms with E-state index in [1.807, 2.05) is 0 Å². The van der Waals surface area contributed by atoms with Gasteiger partial charge in [0.05, 0.1) is 17.1 Å². The van der Waals surface area contributed by atoms with Crippen molar-refractivity contribution in [3.05, 3.63) is 29.6 Å². The van der Waals surface area contributed by atoms with Crippen molar-refractivity contribution in [2.75, 3.05) is 5.75 Å². The minimum atomic E-state index is -3.42. The van der Waals surface area contributed by atoms with Gasteiger partial charge < -0.3 is 5.73 Å². The molecule has 0 bridgehead atoms. The summed E-state index contributed by atoms with van der Waals surface area (Å²) >= 11 is 0. The molecule has 6 heteroatoms. The summed E-state index contributed by atoms with van der Waals surface area (Å²) in [4.78, 5) is 10.5. The van der Waals surface area contributed by atoms with Gasteiger partial charge in [0.2, 0.25) is 5.91 Å². The lowest BCUT2D eigenvalue weighted by Gasteiger charge is -2.04. The van der Waals surface area contributed by atoms with Crippen molar-refractivity contribution in [2.24, 2.45) is 5.73 Å². The molecule has 0 fully saturated rings. The third-order valence-electron chi connectivity index (χ3n) is 2.13. The first-order valence-corrected chi connectivity index (χ1v) is 6.31. The van der Waals surface area contributed by atoms with E-state index in [9.17, 15) is 17.6 Å². The highest BCUT2D eigenvalue weighted by Gasteiger charge is 2.14. The maximum Gasteiger partial charge on any atom is 0.221 e. The summed E-state index contributed by atoms with van der Waals surface area (Å²) in [6.45, 7) is 1.48. The molecule has 0 aliphatic rings. The second-order valence-electron chi connectivity index (χ2n) is 3.30. The monoisotopic (exact) mass is 245 g/mol. The van der Waals surface area contributed by atoms with E-state index in [1.54, 1.807) is 0 Å². The van der Waals surface area contributed by atoms with Gasteiger partial charge in [-0.3, -0.25) is 4.79 Å². The normalized spacial score (nSPS) is 11.4. The number of halogens is 1. The van der Waals surface area contributed by atoms with Crippen molar-refractivity contribution in [1.82, 2.24) is 0 Å². The number of rotatable bonds is 4. The number of benzene rings is 1. The van der Waals surface area contributed by atoms with Gasteiger partial charge in [0, 0.05) is 0 Å². The number of nitrogens with two attached hydrogens (primary N) is 1. The molecule has 88 valence electrons. The third kappa shape index (κ3) is 2.79. The Labute approximate surface area is 93.2 Å². The molecule has 0 spiro atoms. The van der Waals surface area contributed by atoms with Gasteiger partial charge in [0.15, 0.2) is 9.84 Å². The van der Waals surface area contributed by atoms with E-state index in [1.165, 1.54) is 19.1 Å². The Hall–Kier alpha value is -1.43. The average molecular weight is 245 g/mol. The predicted octanol–water partition coefficient (Wildman–Crippen LogP) is 0.647. The molecule has 0 saturated carbocycles. The summed E-state index contributed by atoms with van der Waals surface area (Å²) in [5, 5.41) is 0. The SMILES string of the molecule is CCS(=O)(=O)c1ccc(CC(N)=O)c(F)c1. The largest absolute Gasteiger partial charge is 0.369 e. The number of hydrogen-bond donors (Lipinski definition) is 1. The smallest absolute Gasteiger partial charge is 0.221 e. The van der Waals surface area contributed by atoms with Gasteiger partial charge in [-0.25, -0.2) is 12.8 Å². The topological polar surface area (TPSA) is 77.2 Å². The molecule has 1 rings (SSSR count). The van der Waals surface area contributed by atoms with Crippen molar-refractivity contribution in [2.45, 2.75) is 18.2 Å². The van der Waals surface area contributed by atoms with Crippen LogP contribution in [0.15, 0.2) is 23.1 Å². The molecular weight excluding hydrogens is 233 g/mol. The van der Waals surface area contributed by atoms with Gasteiger partial charge in [-0.15, -0.1) is 0 Å². The molecule has 0 unspecified atom stereocenters. The van der Waals surface area contributed by atoms with Gasteiger partial charge in [0.1, 0.15) is 5.82 Å². The fraction of sp³-hybridized carbons (Fsp3) is 0.300. The fourth-order valence-corrected chi connectivity index (χ4v) is 2.11. The van der Waals surface area contributed by atoms with E-state index in [0.717, 1.165) is 6.07 Å². The molecule has 1 aromatic carbocycles. The van der Waals surface area contributed by atoms with Crippen LogP contribution in [0.3, 0.4) is 0 Å². The quantitative estimate of drug-likeness (QED) is 0.846. The van der Waals surface area contributed by atoms with E-state index in [-0.39, 0.29) is 22.6 Å². The van der Waals surface area contributed by atoms with E-state index >= 15 is 0 Å². The van der Waals surface area contributed by atoms with Crippen LogP contribution in [0.2, 0.25) is 0 Å². The van der Waals surface area contributed by atoms with Crippen LogP contribution in [-0.4, -0.2) is 20.1 Å². The van der Waals surface area contributed by atoms with Crippen molar-refractivity contribution in [3.8, 4) is 0 Å². The second kappa shape index (κ2) is 4.61. The van der Waals surface area contributed by atoms with E-state index in [2.05, 4.69) is 0 Å². The van der Waals surface area contributed by atoms with Crippen molar-refractivity contribution >= 4 is 15.7 Å². The van der Waals surface area contributed by atoms with Gasteiger partial charge in [-0.1, -0.05) is 13.0 Å². The lowest BCUT2D eigenvalue weighted by atomic mass is 10.1. The summed E-state index contributed by atoms with van der Waals surface area (Å²) in [5.74, 6) is -1.49. The van der Waals surface area contributed by atoms with Crippen LogP contribution in [0.5, 0.6) is 0 Å². The number of primary amides is 1. The van der Waals surface area contributed by atoms with E-state index in [4.69, 9.17) is 5.73 Å². The van der Waals surface area contributed by atoms with Crippen LogP contribution in [0.1, 0.15) is 12.5 Å². The Kier molecular flexibility index (Phi) is 3.64. The first kappa shape index (κ1) is 12.6.